The second kappa shape index (κ2) is 12.7. The Kier molecular flexibility index (Phi) is 9.15. The van der Waals surface area contributed by atoms with Crippen molar-refractivity contribution in [2.45, 2.75) is 50.7 Å². The van der Waals surface area contributed by atoms with E-state index in [1.165, 1.54) is 23.1 Å². The molecule has 0 unspecified atom stereocenters. The van der Waals surface area contributed by atoms with E-state index < -0.39 is 6.04 Å². The van der Waals surface area contributed by atoms with Crippen molar-refractivity contribution in [2.75, 3.05) is 38.3 Å². The third kappa shape index (κ3) is 8.26. The Balaban J connectivity index is 1.29. The highest BCUT2D eigenvalue weighted by molar-refractivity contribution is 5.92. The van der Waals surface area contributed by atoms with Crippen molar-refractivity contribution in [3.63, 3.8) is 0 Å². The van der Waals surface area contributed by atoms with Crippen LogP contribution in [0.4, 0.5) is 21.8 Å². The van der Waals surface area contributed by atoms with E-state index in [0.29, 0.717) is 30.0 Å². The van der Waals surface area contributed by atoms with Gasteiger partial charge in [-0.2, -0.15) is 4.98 Å². The highest BCUT2D eigenvalue weighted by Gasteiger charge is 2.31. The fraction of sp³-hybridized carbons (Fsp3) is 0.448. The van der Waals surface area contributed by atoms with E-state index in [9.17, 15) is 14.0 Å². The zero-order valence-electron chi connectivity index (χ0n) is 22.9. The summed E-state index contributed by atoms with van der Waals surface area (Å²) in [6, 6.07) is 5.87. The molecule has 0 saturated heterocycles. The zero-order chi connectivity index (χ0) is 27.9. The molecule has 39 heavy (non-hydrogen) atoms. The van der Waals surface area contributed by atoms with Crippen LogP contribution in [-0.4, -0.2) is 77.4 Å². The van der Waals surface area contributed by atoms with Crippen LogP contribution < -0.4 is 16.0 Å². The molecule has 1 heterocycles. The number of benzene rings is 1. The maximum Gasteiger partial charge on any atom is 0.246 e. The minimum Gasteiger partial charge on any atom is -0.366 e. The first-order valence-electron chi connectivity index (χ1n) is 13.2. The number of halogens is 1. The zero-order valence-corrected chi connectivity index (χ0v) is 22.9. The lowest BCUT2D eigenvalue weighted by molar-refractivity contribution is -0.135. The summed E-state index contributed by atoms with van der Waals surface area (Å²) in [5.74, 6) is 7.07. The molecular formula is C29H36FN7O2. The van der Waals surface area contributed by atoms with Crippen LogP contribution in [0, 0.1) is 23.6 Å². The number of aromatic nitrogens is 2. The molecule has 4 rings (SSSR count). The van der Waals surface area contributed by atoms with Gasteiger partial charge >= 0.3 is 0 Å². The minimum atomic E-state index is -0.568. The number of nitrogens with one attached hydrogen (secondary N) is 3. The fourth-order valence-electron chi connectivity index (χ4n) is 3.93. The summed E-state index contributed by atoms with van der Waals surface area (Å²) in [4.78, 5) is 37.4. The number of likely N-dealkylation sites (N-methyl/N-ethyl adjacent to an activating group) is 2. The normalized spacial score (nSPS) is 19.0. The molecule has 9 nitrogen and oxygen atoms in total. The number of carbonyl (C=O) groups excluding carboxylic acids is 2. The molecular weight excluding hydrogens is 497 g/mol. The van der Waals surface area contributed by atoms with E-state index >= 15 is 0 Å². The summed E-state index contributed by atoms with van der Waals surface area (Å²) in [6.07, 6.45) is 8.66. The van der Waals surface area contributed by atoms with Gasteiger partial charge in [0.25, 0.3) is 0 Å². The third-order valence-electron chi connectivity index (χ3n) is 6.74. The maximum absolute atomic E-state index is 13.2. The molecule has 1 aromatic heterocycles. The molecule has 0 aliphatic heterocycles. The number of amides is 2. The molecule has 206 valence electrons. The van der Waals surface area contributed by atoms with E-state index in [-0.39, 0.29) is 29.6 Å². The monoisotopic (exact) mass is 533 g/mol. The number of carbonyl (C=O) groups is 2. The second-order valence-electron chi connectivity index (χ2n) is 10.4. The SMILES string of the molecule is C[C@@H](C(=O)N[C@H]1C[C@H](C#Cc2cnc(Nc3ccc(F)cc3)nc2NC2CC2)C1)N(C)C(=O)/C=C/CN(C)C. The molecule has 2 aliphatic carbocycles. The van der Waals surface area contributed by atoms with Crippen LogP contribution in [0.15, 0.2) is 42.6 Å². The summed E-state index contributed by atoms with van der Waals surface area (Å²) >= 11 is 0. The van der Waals surface area contributed by atoms with Crippen LogP contribution in [0.25, 0.3) is 0 Å². The molecule has 0 radical (unpaired) electrons. The summed E-state index contributed by atoms with van der Waals surface area (Å²) in [5, 5.41) is 9.54. The van der Waals surface area contributed by atoms with Crippen molar-refractivity contribution in [3.05, 3.63) is 54.0 Å². The lowest BCUT2D eigenvalue weighted by Crippen LogP contribution is -2.51. The molecule has 0 bridgehead atoms. The van der Waals surface area contributed by atoms with Gasteiger partial charge in [0.05, 0.1) is 11.8 Å². The minimum absolute atomic E-state index is 0.0367. The highest BCUT2D eigenvalue weighted by Crippen LogP contribution is 2.29. The van der Waals surface area contributed by atoms with Crippen LogP contribution in [-0.2, 0) is 9.59 Å². The van der Waals surface area contributed by atoms with Crippen molar-refractivity contribution in [2.24, 2.45) is 5.92 Å². The molecule has 3 N–H and O–H groups in total. The van der Waals surface area contributed by atoms with Gasteiger partial charge in [-0.15, -0.1) is 0 Å². The van der Waals surface area contributed by atoms with Crippen LogP contribution in [0.2, 0.25) is 0 Å². The van der Waals surface area contributed by atoms with Gasteiger partial charge in [0.1, 0.15) is 17.7 Å². The van der Waals surface area contributed by atoms with Gasteiger partial charge in [-0.1, -0.05) is 17.9 Å². The quantitative estimate of drug-likeness (QED) is 0.319. The molecule has 0 spiro atoms. The first kappa shape index (κ1) is 28.0. The predicted molar refractivity (Wildman–Crippen MR) is 150 cm³/mol. The Labute approximate surface area is 229 Å². The third-order valence-corrected chi connectivity index (χ3v) is 6.74. The van der Waals surface area contributed by atoms with E-state index in [1.807, 2.05) is 19.0 Å². The van der Waals surface area contributed by atoms with Gasteiger partial charge in [-0.3, -0.25) is 9.59 Å². The van der Waals surface area contributed by atoms with E-state index in [0.717, 1.165) is 31.2 Å². The fourth-order valence-corrected chi connectivity index (χ4v) is 3.93. The van der Waals surface area contributed by atoms with Crippen molar-refractivity contribution < 1.29 is 14.0 Å². The second-order valence-corrected chi connectivity index (χ2v) is 10.4. The molecule has 1 atom stereocenters. The summed E-state index contributed by atoms with van der Waals surface area (Å²) in [6.45, 7) is 2.39. The molecule has 2 amide bonds. The Morgan fingerprint density at radius 3 is 2.54 bits per heavy atom. The average molecular weight is 534 g/mol. The average Bonchev–Trinajstić information content (AvgIpc) is 3.70. The first-order valence-corrected chi connectivity index (χ1v) is 13.2. The molecule has 2 fully saturated rings. The van der Waals surface area contributed by atoms with Crippen molar-refractivity contribution in [1.82, 2.24) is 25.1 Å². The molecule has 10 heteroatoms. The summed E-state index contributed by atoms with van der Waals surface area (Å²) in [5.41, 5.74) is 1.41. The van der Waals surface area contributed by atoms with Crippen molar-refractivity contribution in [3.8, 4) is 11.8 Å². The van der Waals surface area contributed by atoms with Gasteiger partial charge in [-0.25, -0.2) is 9.37 Å². The van der Waals surface area contributed by atoms with E-state index in [2.05, 4.69) is 37.8 Å². The number of anilines is 3. The van der Waals surface area contributed by atoms with Gasteiger partial charge in [0.2, 0.25) is 17.8 Å². The topological polar surface area (TPSA) is 102 Å². The Morgan fingerprint density at radius 1 is 1.15 bits per heavy atom. The summed E-state index contributed by atoms with van der Waals surface area (Å²) in [7, 11) is 5.49. The van der Waals surface area contributed by atoms with Gasteiger partial charge in [0, 0.05) is 43.4 Å². The number of rotatable bonds is 10. The van der Waals surface area contributed by atoms with Crippen LogP contribution >= 0.6 is 0 Å². The van der Waals surface area contributed by atoms with Gasteiger partial charge < -0.3 is 25.8 Å². The van der Waals surface area contributed by atoms with Crippen molar-refractivity contribution in [1.29, 1.82) is 0 Å². The Bertz CT molecular complexity index is 1260. The Morgan fingerprint density at radius 2 is 1.87 bits per heavy atom. The number of hydrogen-bond donors (Lipinski definition) is 3. The van der Waals surface area contributed by atoms with Crippen LogP contribution in [0.3, 0.4) is 0 Å². The number of nitrogens with zero attached hydrogens (tertiary/aromatic N) is 4. The largest absolute Gasteiger partial charge is 0.366 e. The Hall–Kier alpha value is -3.97. The smallest absolute Gasteiger partial charge is 0.246 e. The first-order chi connectivity index (χ1) is 18.7. The number of hydrogen-bond acceptors (Lipinski definition) is 7. The van der Waals surface area contributed by atoms with Crippen LogP contribution in [0.5, 0.6) is 0 Å². The lowest BCUT2D eigenvalue weighted by Gasteiger charge is -2.34. The van der Waals surface area contributed by atoms with Gasteiger partial charge in [0.15, 0.2) is 0 Å². The molecule has 1 aromatic carbocycles. The predicted octanol–water partition coefficient (Wildman–Crippen LogP) is 3.14. The lowest BCUT2D eigenvalue weighted by atomic mass is 9.80. The molecule has 2 saturated carbocycles. The highest BCUT2D eigenvalue weighted by atomic mass is 19.1. The molecule has 2 aromatic rings. The molecule has 2 aliphatic rings. The summed E-state index contributed by atoms with van der Waals surface area (Å²) < 4.78 is 13.2. The van der Waals surface area contributed by atoms with Crippen LogP contribution in [0.1, 0.15) is 38.2 Å². The van der Waals surface area contributed by atoms with E-state index in [4.69, 9.17) is 0 Å². The van der Waals surface area contributed by atoms with E-state index in [1.54, 1.807) is 38.4 Å². The maximum atomic E-state index is 13.2. The standard InChI is InChI=1S/C29H36FN7O2/c1-19(37(4)26(38)6-5-15-36(2)3)28(39)33-25-16-20(17-25)7-8-21-18-31-29(35-27(21)32-23-13-14-23)34-24-11-9-22(30)10-12-24/h5-6,9-12,18-20,23,25H,13-17H2,1-4H3,(H,33,39)(H2,31,32,34,35)/b6-5+/t19-,20-,25-/m0/s1. The van der Waals surface area contributed by atoms with Gasteiger partial charge in [-0.05, 0) is 71.0 Å². The van der Waals surface area contributed by atoms with Crippen molar-refractivity contribution >= 4 is 29.3 Å².